The van der Waals surface area contributed by atoms with Crippen molar-refractivity contribution in [3.05, 3.63) is 113 Å². The Hall–Kier alpha value is -2.83. The third-order valence-corrected chi connectivity index (χ3v) is 6.17. The van der Waals surface area contributed by atoms with Gasteiger partial charge in [-0.25, -0.2) is 0 Å². The summed E-state index contributed by atoms with van der Waals surface area (Å²) in [5.41, 5.74) is 10.1. The molecule has 0 aliphatic heterocycles. The molecule has 0 amide bonds. The van der Waals surface area contributed by atoms with E-state index in [1.54, 1.807) is 0 Å². The molecule has 29 heavy (non-hydrogen) atoms. The van der Waals surface area contributed by atoms with Crippen molar-refractivity contribution in [3.63, 3.8) is 0 Å². The summed E-state index contributed by atoms with van der Waals surface area (Å²) < 4.78 is 0. The summed E-state index contributed by atoms with van der Waals surface area (Å²) in [5.74, 6) is 0. The Morgan fingerprint density at radius 1 is 0.828 bits per heavy atom. The van der Waals surface area contributed by atoms with Gasteiger partial charge in [0.15, 0.2) is 0 Å². The van der Waals surface area contributed by atoms with E-state index in [1.807, 2.05) is 18.2 Å². The van der Waals surface area contributed by atoms with E-state index in [4.69, 9.17) is 11.6 Å². The van der Waals surface area contributed by atoms with E-state index in [-0.39, 0.29) is 5.41 Å². The fraction of sp³-hybridized carbons (Fsp3) is 0.143. The predicted octanol–water partition coefficient (Wildman–Crippen LogP) is 8.48. The van der Waals surface area contributed by atoms with Gasteiger partial charge in [0.25, 0.3) is 0 Å². The van der Waals surface area contributed by atoms with E-state index in [0.29, 0.717) is 0 Å². The zero-order valence-corrected chi connectivity index (χ0v) is 17.9. The van der Waals surface area contributed by atoms with Crippen molar-refractivity contribution in [1.29, 1.82) is 0 Å². The highest BCUT2D eigenvalue weighted by atomic mass is 35.5. The van der Waals surface area contributed by atoms with E-state index >= 15 is 0 Å². The van der Waals surface area contributed by atoms with Gasteiger partial charge >= 0.3 is 0 Å². The normalized spacial score (nSPS) is 17.5. The quantitative estimate of drug-likeness (QED) is 0.416. The summed E-state index contributed by atoms with van der Waals surface area (Å²) in [5, 5.41) is 0.754. The Kier molecular flexibility index (Phi) is 5.06. The maximum absolute atomic E-state index is 6.13. The van der Waals surface area contributed by atoms with Gasteiger partial charge in [-0.2, -0.15) is 0 Å². The smallest absolute Gasteiger partial charge is 0.0406 e. The van der Waals surface area contributed by atoms with Crippen molar-refractivity contribution < 1.29 is 0 Å². The average Bonchev–Trinajstić information content (AvgIpc) is 2.95. The molecule has 1 aliphatic carbocycles. The van der Waals surface area contributed by atoms with Gasteiger partial charge in [0, 0.05) is 10.4 Å². The van der Waals surface area contributed by atoms with Crippen molar-refractivity contribution in [1.82, 2.24) is 0 Å². The van der Waals surface area contributed by atoms with E-state index in [1.165, 1.54) is 44.5 Å². The summed E-state index contributed by atoms with van der Waals surface area (Å²) in [6, 6.07) is 23.4. The van der Waals surface area contributed by atoms with Crippen molar-refractivity contribution >= 4 is 17.2 Å². The molecule has 0 radical (unpaired) electrons. The fourth-order valence-electron chi connectivity index (χ4n) is 4.52. The minimum absolute atomic E-state index is 0.0589. The van der Waals surface area contributed by atoms with Crippen LogP contribution >= 0.6 is 11.6 Å². The van der Waals surface area contributed by atoms with E-state index in [9.17, 15) is 0 Å². The molecule has 0 heterocycles. The Balaban J connectivity index is 2.00. The molecule has 0 saturated carbocycles. The first-order chi connectivity index (χ1) is 14.0. The van der Waals surface area contributed by atoms with Crippen molar-refractivity contribution in [2.45, 2.75) is 26.2 Å². The fourth-order valence-corrected chi connectivity index (χ4v) is 4.65. The summed E-state index contributed by atoms with van der Waals surface area (Å²) in [6.07, 6.45) is 6.29. The van der Waals surface area contributed by atoms with Crippen LogP contribution in [0.5, 0.6) is 0 Å². The number of hydrogen-bond acceptors (Lipinski definition) is 0. The van der Waals surface area contributed by atoms with Gasteiger partial charge < -0.3 is 0 Å². The second-order valence-corrected chi connectivity index (χ2v) is 8.36. The van der Waals surface area contributed by atoms with Crippen LogP contribution in [0, 0.1) is 0 Å². The maximum Gasteiger partial charge on any atom is 0.0406 e. The highest BCUT2D eigenvalue weighted by molar-refractivity contribution is 6.30. The summed E-state index contributed by atoms with van der Waals surface area (Å²) in [7, 11) is 0. The molecule has 0 spiro atoms. The van der Waals surface area contributed by atoms with Gasteiger partial charge in [0.05, 0.1) is 0 Å². The molecule has 3 aromatic carbocycles. The molecule has 0 N–H and O–H groups in total. The lowest BCUT2D eigenvalue weighted by Gasteiger charge is -2.22. The van der Waals surface area contributed by atoms with E-state index in [2.05, 4.69) is 94.1 Å². The lowest BCUT2D eigenvalue weighted by molar-refractivity contribution is 0.661. The largest absolute Gasteiger partial charge is 0.0991 e. The van der Waals surface area contributed by atoms with E-state index in [0.717, 1.165) is 5.02 Å². The molecular formula is C28H25Cl. The topological polar surface area (TPSA) is 0 Å². The van der Waals surface area contributed by atoms with Crippen LogP contribution in [0.3, 0.4) is 0 Å². The number of hydrogen-bond donors (Lipinski definition) is 0. The Morgan fingerprint density at radius 3 is 2.14 bits per heavy atom. The van der Waals surface area contributed by atoms with Crippen LogP contribution in [0.4, 0.5) is 0 Å². The van der Waals surface area contributed by atoms with Gasteiger partial charge in [-0.3, -0.25) is 0 Å². The summed E-state index contributed by atoms with van der Waals surface area (Å²) >= 11 is 6.13. The molecule has 0 nitrogen and oxygen atoms in total. The molecule has 1 aliphatic rings. The monoisotopic (exact) mass is 396 g/mol. The number of halogens is 1. The SMILES string of the molecule is C=C/C=C1\C(=C/C)c2c(-c3ccccc3-c3ccc(Cl)cc3)cccc2C1(C)C. The van der Waals surface area contributed by atoms with Crippen LogP contribution in [0.1, 0.15) is 31.9 Å². The number of benzene rings is 3. The Labute approximate surface area is 178 Å². The second kappa shape index (κ2) is 7.54. The van der Waals surface area contributed by atoms with Gasteiger partial charge in [-0.15, -0.1) is 0 Å². The molecule has 3 aromatic rings. The summed E-state index contributed by atoms with van der Waals surface area (Å²) in [6.45, 7) is 10.7. The highest BCUT2D eigenvalue weighted by Gasteiger charge is 2.39. The van der Waals surface area contributed by atoms with Gasteiger partial charge in [0.1, 0.15) is 0 Å². The third-order valence-electron chi connectivity index (χ3n) is 5.92. The number of allylic oxidation sites excluding steroid dienone is 5. The molecule has 0 atom stereocenters. The first kappa shape index (κ1) is 19.5. The lowest BCUT2D eigenvalue weighted by Crippen LogP contribution is -2.15. The van der Waals surface area contributed by atoms with E-state index < -0.39 is 0 Å². The molecule has 0 saturated heterocycles. The molecule has 0 aromatic heterocycles. The van der Waals surface area contributed by atoms with Gasteiger partial charge in [-0.05, 0) is 63.6 Å². The first-order valence-corrected chi connectivity index (χ1v) is 10.4. The zero-order chi connectivity index (χ0) is 20.6. The molecule has 0 unspecified atom stereocenters. The summed E-state index contributed by atoms with van der Waals surface area (Å²) in [4.78, 5) is 0. The Morgan fingerprint density at radius 2 is 1.48 bits per heavy atom. The molecule has 0 fully saturated rings. The number of rotatable bonds is 3. The van der Waals surface area contributed by atoms with Crippen molar-refractivity contribution in [2.75, 3.05) is 0 Å². The van der Waals surface area contributed by atoms with Crippen molar-refractivity contribution in [3.8, 4) is 22.3 Å². The molecule has 4 rings (SSSR count). The minimum atomic E-state index is -0.0589. The van der Waals surface area contributed by atoms with Crippen LogP contribution < -0.4 is 0 Å². The maximum atomic E-state index is 6.13. The van der Waals surface area contributed by atoms with Crippen LogP contribution in [0.25, 0.3) is 27.8 Å². The second-order valence-electron chi connectivity index (χ2n) is 7.92. The van der Waals surface area contributed by atoms with Crippen LogP contribution in [-0.2, 0) is 5.41 Å². The molecule has 144 valence electrons. The van der Waals surface area contributed by atoms with Crippen molar-refractivity contribution in [2.24, 2.45) is 0 Å². The van der Waals surface area contributed by atoms with Gasteiger partial charge in [-0.1, -0.05) is 105 Å². The molecule has 0 bridgehead atoms. The van der Waals surface area contributed by atoms with Crippen LogP contribution in [0.2, 0.25) is 5.02 Å². The van der Waals surface area contributed by atoms with Gasteiger partial charge in [0.2, 0.25) is 0 Å². The standard InChI is InChI=1S/C28H25Cl/c1-5-10-25-21(6-2)27-24(13-9-14-26(27)28(25,3)4)23-12-8-7-11-22(23)19-15-17-20(29)18-16-19/h5-18H,1H2,2-4H3/b21-6+,25-10+. The minimum Gasteiger partial charge on any atom is -0.0991 e. The highest BCUT2D eigenvalue weighted by Crippen LogP contribution is 2.53. The Bertz CT molecular complexity index is 1140. The first-order valence-electron chi connectivity index (χ1n) is 9.98. The van der Waals surface area contributed by atoms with Crippen LogP contribution in [0.15, 0.2) is 97.1 Å². The van der Waals surface area contributed by atoms with Crippen LogP contribution in [-0.4, -0.2) is 0 Å². The zero-order valence-electron chi connectivity index (χ0n) is 17.2. The molecule has 1 heteroatoms. The average molecular weight is 397 g/mol. The lowest BCUT2D eigenvalue weighted by atomic mass is 9.81. The third kappa shape index (κ3) is 3.18. The number of fused-ring (bicyclic) bond motifs is 1. The molecular weight excluding hydrogens is 372 g/mol. The predicted molar refractivity (Wildman–Crippen MR) is 127 cm³/mol.